The van der Waals surface area contributed by atoms with E-state index in [9.17, 15) is 9.59 Å². The molecule has 0 radical (unpaired) electrons. The maximum atomic E-state index is 12.6. The van der Waals surface area contributed by atoms with E-state index >= 15 is 0 Å². The molecule has 4 heteroatoms. The summed E-state index contributed by atoms with van der Waals surface area (Å²) < 4.78 is 11.2. The number of ketones is 1. The molecule has 146 valence electrons. The van der Waals surface area contributed by atoms with Crippen LogP contribution in [-0.4, -0.2) is 12.4 Å². The topological polar surface area (TPSA) is 56.5 Å². The molecule has 0 spiro atoms. The van der Waals surface area contributed by atoms with Crippen LogP contribution >= 0.6 is 0 Å². The highest BCUT2D eigenvalue weighted by Gasteiger charge is 2.14. The largest absolute Gasteiger partial charge is 0.485 e. The van der Waals surface area contributed by atoms with Crippen molar-refractivity contribution in [3.8, 4) is 5.75 Å². The van der Waals surface area contributed by atoms with Gasteiger partial charge in [0.25, 0.3) is 0 Å². The number of carbonyl (C=O) groups is 1. The third-order valence-corrected chi connectivity index (χ3v) is 5.15. The molecule has 0 atom stereocenters. The second-order valence-corrected chi connectivity index (χ2v) is 7.18. The van der Waals surface area contributed by atoms with Crippen molar-refractivity contribution in [3.05, 3.63) is 87.8 Å². The Morgan fingerprint density at radius 3 is 2.59 bits per heavy atom. The lowest BCUT2D eigenvalue weighted by Crippen LogP contribution is -2.12. The number of fused-ring (bicyclic) bond motifs is 2. The summed E-state index contributed by atoms with van der Waals surface area (Å²) >= 11 is 0. The molecule has 4 nitrogen and oxygen atoms in total. The predicted molar refractivity (Wildman–Crippen MR) is 115 cm³/mol. The Labute approximate surface area is 168 Å². The van der Waals surface area contributed by atoms with Gasteiger partial charge in [0.2, 0.25) is 0 Å². The van der Waals surface area contributed by atoms with Crippen molar-refractivity contribution < 1.29 is 13.9 Å². The Kier molecular flexibility index (Phi) is 5.17. The quantitative estimate of drug-likeness (QED) is 0.326. The maximum Gasteiger partial charge on any atom is 0.336 e. The first kappa shape index (κ1) is 18.9. The Morgan fingerprint density at radius 1 is 1.00 bits per heavy atom. The van der Waals surface area contributed by atoms with Gasteiger partial charge in [-0.2, -0.15) is 0 Å². The molecule has 0 aliphatic heterocycles. The first-order valence-electron chi connectivity index (χ1n) is 9.78. The number of carbonyl (C=O) groups excluding carboxylic acids is 1. The van der Waals surface area contributed by atoms with Gasteiger partial charge in [-0.1, -0.05) is 49.7 Å². The standard InChI is InChI=1S/C25H22O4/c1-3-6-19-14-24(27)29-25-16(2)23(12-11-21(19)25)28-15-22(26)20-10-9-17-7-4-5-8-18(17)13-20/h4-5,7-14H,3,6,15H2,1-2H3. The summed E-state index contributed by atoms with van der Waals surface area (Å²) in [6.45, 7) is 3.84. The lowest BCUT2D eigenvalue weighted by molar-refractivity contribution is 0.0921. The van der Waals surface area contributed by atoms with Gasteiger partial charge in [-0.05, 0) is 47.9 Å². The fraction of sp³-hybridized carbons (Fsp3) is 0.200. The molecule has 0 saturated heterocycles. The van der Waals surface area contributed by atoms with E-state index in [0.29, 0.717) is 16.9 Å². The van der Waals surface area contributed by atoms with Crippen LogP contribution in [0, 0.1) is 6.92 Å². The van der Waals surface area contributed by atoms with Crippen molar-refractivity contribution in [3.63, 3.8) is 0 Å². The van der Waals surface area contributed by atoms with Crippen LogP contribution in [0.15, 0.2) is 69.9 Å². The Balaban J connectivity index is 1.59. The normalized spacial score (nSPS) is 11.1. The van der Waals surface area contributed by atoms with Crippen molar-refractivity contribution in [2.45, 2.75) is 26.7 Å². The fourth-order valence-corrected chi connectivity index (χ4v) is 3.63. The number of hydrogen-bond donors (Lipinski definition) is 0. The molecule has 0 aliphatic rings. The maximum absolute atomic E-state index is 12.6. The van der Waals surface area contributed by atoms with Crippen LogP contribution in [0.2, 0.25) is 0 Å². The fourth-order valence-electron chi connectivity index (χ4n) is 3.63. The van der Waals surface area contributed by atoms with Gasteiger partial charge in [-0.15, -0.1) is 0 Å². The lowest BCUT2D eigenvalue weighted by Gasteiger charge is -2.12. The zero-order valence-corrected chi connectivity index (χ0v) is 16.5. The minimum absolute atomic E-state index is 0.0798. The number of hydrogen-bond acceptors (Lipinski definition) is 4. The van der Waals surface area contributed by atoms with Gasteiger partial charge in [0.15, 0.2) is 12.4 Å². The molecule has 29 heavy (non-hydrogen) atoms. The summed E-state index contributed by atoms with van der Waals surface area (Å²) in [6.07, 6.45) is 1.75. The smallest absolute Gasteiger partial charge is 0.336 e. The van der Waals surface area contributed by atoms with E-state index in [4.69, 9.17) is 9.15 Å². The van der Waals surface area contributed by atoms with Gasteiger partial charge < -0.3 is 9.15 Å². The van der Waals surface area contributed by atoms with Crippen LogP contribution in [0.3, 0.4) is 0 Å². The molecule has 3 aromatic carbocycles. The number of benzene rings is 3. The van der Waals surface area contributed by atoms with Gasteiger partial charge in [-0.25, -0.2) is 4.79 Å². The minimum atomic E-state index is -0.367. The van der Waals surface area contributed by atoms with Crippen molar-refractivity contribution in [1.82, 2.24) is 0 Å². The average molecular weight is 386 g/mol. The third kappa shape index (κ3) is 3.79. The van der Waals surface area contributed by atoms with E-state index in [1.807, 2.05) is 61.5 Å². The van der Waals surface area contributed by atoms with Gasteiger partial charge in [0.05, 0.1) is 0 Å². The molecular weight excluding hydrogens is 364 g/mol. The van der Waals surface area contributed by atoms with Gasteiger partial charge in [0, 0.05) is 22.6 Å². The number of Topliss-reactive ketones (excluding diaryl/α,β-unsaturated/α-hetero) is 1. The average Bonchev–Trinajstić information content (AvgIpc) is 2.73. The minimum Gasteiger partial charge on any atom is -0.485 e. The molecule has 4 rings (SSSR count). The zero-order chi connectivity index (χ0) is 20.4. The van der Waals surface area contributed by atoms with Crippen LogP contribution in [0.1, 0.15) is 34.8 Å². The Bertz CT molecular complexity index is 1270. The summed E-state index contributed by atoms with van der Waals surface area (Å²) in [5.41, 5.74) is 2.47. The molecule has 0 N–H and O–H groups in total. The van der Waals surface area contributed by atoms with E-state index in [1.54, 1.807) is 6.07 Å². The number of aryl methyl sites for hydroxylation is 2. The van der Waals surface area contributed by atoms with E-state index in [0.717, 1.165) is 40.1 Å². The van der Waals surface area contributed by atoms with Crippen molar-refractivity contribution >= 4 is 27.5 Å². The van der Waals surface area contributed by atoms with Crippen molar-refractivity contribution in [2.24, 2.45) is 0 Å². The molecule has 0 fully saturated rings. The molecule has 1 heterocycles. The molecular formula is C25H22O4. The third-order valence-electron chi connectivity index (χ3n) is 5.15. The SMILES string of the molecule is CCCc1cc(=O)oc2c(C)c(OCC(=O)c3ccc4ccccc4c3)ccc12. The molecule has 0 bridgehead atoms. The van der Waals surface area contributed by atoms with E-state index in [-0.39, 0.29) is 18.0 Å². The molecule has 0 saturated carbocycles. The summed E-state index contributed by atoms with van der Waals surface area (Å²) in [5.74, 6) is 0.444. The van der Waals surface area contributed by atoms with Crippen LogP contribution in [0.25, 0.3) is 21.7 Å². The first-order valence-corrected chi connectivity index (χ1v) is 9.78. The summed E-state index contributed by atoms with van der Waals surface area (Å²) in [7, 11) is 0. The van der Waals surface area contributed by atoms with E-state index in [2.05, 4.69) is 6.92 Å². The molecule has 1 aromatic heterocycles. The zero-order valence-electron chi connectivity index (χ0n) is 16.5. The van der Waals surface area contributed by atoms with Crippen LogP contribution in [0.4, 0.5) is 0 Å². The second-order valence-electron chi connectivity index (χ2n) is 7.18. The highest BCUT2D eigenvalue weighted by Crippen LogP contribution is 2.29. The Morgan fingerprint density at radius 2 is 1.79 bits per heavy atom. The number of ether oxygens (including phenoxy) is 1. The highest BCUT2D eigenvalue weighted by molar-refractivity contribution is 6.01. The molecule has 4 aromatic rings. The Hall–Kier alpha value is -3.40. The van der Waals surface area contributed by atoms with Crippen LogP contribution < -0.4 is 10.4 Å². The summed E-state index contributed by atoms with van der Waals surface area (Å²) in [5, 5.41) is 3.02. The molecule has 0 unspecified atom stereocenters. The van der Waals surface area contributed by atoms with Crippen molar-refractivity contribution in [1.29, 1.82) is 0 Å². The summed E-state index contributed by atoms with van der Waals surface area (Å²) in [6, 6.07) is 18.8. The van der Waals surface area contributed by atoms with Crippen LogP contribution in [0.5, 0.6) is 5.75 Å². The first-order chi connectivity index (χ1) is 14.1. The van der Waals surface area contributed by atoms with Gasteiger partial charge >= 0.3 is 5.63 Å². The molecule has 0 amide bonds. The van der Waals surface area contributed by atoms with Gasteiger partial charge in [-0.3, -0.25) is 4.79 Å². The molecule has 0 aliphatic carbocycles. The highest BCUT2D eigenvalue weighted by atomic mass is 16.5. The van der Waals surface area contributed by atoms with Gasteiger partial charge in [0.1, 0.15) is 11.3 Å². The van der Waals surface area contributed by atoms with Crippen molar-refractivity contribution in [2.75, 3.05) is 6.61 Å². The monoisotopic (exact) mass is 386 g/mol. The lowest BCUT2D eigenvalue weighted by atomic mass is 10.0. The predicted octanol–water partition coefficient (Wildman–Crippen LogP) is 5.47. The number of rotatable bonds is 6. The van der Waals surface area contributed by atoms with E-state index < -0.39 is 0 Å². The second kappa shape index (κ2) is 7.92. The van der Waals surface area contributed by atoms with Crippen LogP contribution in [-0.2, 0) is 6.42 Å². The summed E-state index contributed by atoms with van der Waals surface area (Å²) in [4.78, 5) is 24.6. The van der Waals surface area contributed by atoms with E-state index in [1.165, 1.54) is 0 Å².